The third-order valence-electron chi connectivity index (χ3n) is 2.78. The summed E-state index contributed by atoms with van der Waals surface area (Å²) in [6, 6.07) is 2.46. The summed E-state index contributed by atoms with van der Waals surface area (Å²) in [6.07, 6.45) is 3.20. The lowest BCUT2D eigenvalue weighted by molar-refractivity contribution is 0.460. The molecule has 2 aromatic rings. The van der Waals surface area contributed by atoms with Crippen molar-refractivity contribution in [3.8, 4) is 0 Å². The second-order valence-electron chi connectivity index (χ2n) is 4.39. The zero-order valence-corrected chi connectivity index (χ0v) is 12.2. The van der Waals surface area contributed by atoms with Gasteiger partial charge in [-0.3, -0.25) is 15.5 Å². The number of aromatic nitrogens is 3. The smallest absolute Gasteiger partial charge is 0.146 e. The van der Waals surface area contributed by atoms with E-state index in [1.54, 1.807) is 16.9 Å². The number of nitrogens with two attached hydrogens (primary N) is 1. The average Bonchev–Trinajstić information content (AvgIpc) is 2.75. The van der Waals surface area contributed by atoms with Gasteiger partial charge in [-0.2, -0.15) is 5.10 Å². The fraction of sp³-hybridized carbons (Fsp3) is 0.333. The van der Waals surface area contributed by atoms with Gasteiger partial charge in [-0.25, -0.2) is 9.82 Å². The minimum absolute atomic E-state index is 0.129. The Labute approximate surface area is 119 Å². The molecule has 0 aliphatic heterocycles. The lowest BCUT2D eigenvalue weighted by atomic mass is 10.1. The first-order chi connectivity index (χ1) is 9.06. The maximum absolute atomic E-state index is 13.9. The molecule has 0 aliphatic carbocycles. The average molecular weight is 328 g/mol. The molecular formula is C12H15BrFN5. The Morgan fingerprint density at radius 2 is 2.21 bits per heavy atom. The van der Waals surface area contributed by atoms with Crippen LogP contribution < -0.4 is 11.3 Å². The number of hydrogen-bond donors (Lipinski definition) is 2. The van der Waals surface area contributed by atoms with E-state index in [1.165, 1.54) is 12.3 Å². The van der Waals surface area contributed by atoms with E-state index < -0.39 is 11.9 Å². The number of hydrazine groups is 1. The Morgan fingerprint density at radius 3 is 2.79 bits per heavy atom. The van der Waals surface area contributed by atoms with Crippen molar-refractivity contribution in [2.24, 2.45) is 5.84 Å². The highest BCUT2D eigenvalue weighted by atomic mass is 79.9. The van der Waals surface area contributed by atoms with Crippen LogP contribution >= 0.6 is 15.9 Å². The lowest BCUT2D eigenvalue weighted by Crippen LogP contribution is -2.32. The first-order valence-corrected chi connectivity index (χ1v) is 6.65. The van der Waals surface area contributed by atoms with Crippen LogP contribution in [-0.4, -0.2) is 14.8 Å². The fourth-order valence-corrected chi connectivity index (χ4v) is 2.43. The van der Waals surface area contributed by atoms with Gasteiger partial charge in [-0.1, -0.05) is 0 Å². The zero-order chi connectivity index (χ0) is 14.0. The summed E-state index contributed by atoms with van der Waals surface area (Å²) in [5.41, 5.74) is 3.59. The second kappa shape index (κ2) is 5.77. The van der Waals surface area contributed by atoms with E-state index in [0.29, 0.717) is 0 Å². The number of nitrogens with one attached hydrogen (secondary N) is 1. The number of nitrogens with zero attached hydrogens (tertiary/aromatic N) is 3. The number of hydrogen-bond acceptors (Lipinski definition) is 4. The van der Waals surface area contributed by atoms with E-state index in [2.05, 4.69) is 31.4 Å². The van der Waals surface area contributed by atoms with Crippen molar-refractivity contribution >= 4 is 15.9 Å². The zero-order valence-electron chi connectivity index (χ0n) is 10.6. The van der Waals surface area contributed by atoms with Crippen molar-refractivity contribution in [3.05, 3.63) is 46.2 Å². The van der Waals surface area contributed by atoms with Crippen LogP contribution in [0.4, 0.5) is 4.39 Å². The third kappa shape index (κ3) is 2.68. The first kappa shape index (κ1) is 14.1. The van der Waals surface area contributed by atoms with Gasteiger partial charge in [0.05, 0.1) is 16.4 Å². The highest BCUT2D eigenvalue weighted by Gasteiger charge is 2.25. The predicted molar refractivity (Wildman–Crippen MR) is 73.7 cm³/mol. The molecule has 1 atom stereocenters. The molecule has 0 amide bonds. The normalized spacial score (nSPS) is 12.9. The predicted octanol–water partition coefficient (Wildman–Crippen LogP) is 2.31. The molecule has 0 spiro atoms. The molecule has 0 fully saturated rings. The van der Waals surface area contributed by atoms with Gasteiger partial charge < -0.3 is 0 Å². The molecule has 0 saturated carbocycles. The van der Waals surface area contributed by atoms with Crippen LogP contribution in [-0.2, 0) is 0 Å². The highest BCUT2D eigenvalue weighted by molar-refractivity contribution is 9.10. The summed E-state index contributed by atoms with van der Waals surface area (Å²) < 4.78 is 16.4. The van der Waals surface area contributed by atoms with Crippen molar-refractivity contribution < 1.29 is 4.39 Å². The maximum atomic E-state index is 13.9. The Hall–Kier alpha value is -1.31. The second-order valence-corrected chi connectivity index (χ2v) is 5.24. The van der Waals surface area contributed by atoms with Crippen molar-refractivity contribution in [2.45, 2.75) is 25.9 Å². The molecule has 0 aliphatic rings. The molecule has 102 valence electrons. The molecule has 7 heteroatoms. The number of rotatable bonds is 4. The SMILES string of the molecule is CC(C)n1ncc(Br)c1C(NN)c1ncccc1F. The molecule has 2 rings (SSSR count). The first-order valence-electron chi connectivity index (χ1n) is 5.85. The summed E-state index contributed by atoms with van der Waals surface area (Å²) in [5.74, 6) is 5.18. The van der Waals surface area contributed by atoms with Crippen LogP contribution in [0.3, 0.4) is 0 Å². The van der Waals surface area contributed by atoms with E-state index in [1.807, 2.05) is 13.8 Å². The standard InChI is InChI=1S/C12H15BrFN5/c1-7(2)19-12(8(13)6-17-19)11(18-15)10-9(14)4-3-5-16-10/h3-7,11,18H,15H2,1-2H3. The molecule has 0 aromatic carbocycles. The molecule has 5 nitrogen and oxygen atoms in total. The van der Waals surface area contributed by atoms with Crippen molar-refractivity contribution in [2.75, 3.05) is 0 Å². The summed E-state index contributed by atoms with van der Waals surface area (Å²) in [5, 5.41) is 4.26. The maximum Gasteiger partial charge on any atom is 0.146 e. The van der Waals surface area contributed by atoms with E-state index in [9.17, 15) is 4.39 Å². The minimum atomic E-state index is -0.569. The minimum Gasteiger partial charge on any atom is -0.270 e. The Kier molecular flexibility index (Phi) is 4.28. The van der Waals surface area contributed by atoms with Crippen molar-refractivity contribution in [1.29, 1.82) is 0 Å². The molecular weight excluding hydrogens is 313 g/mol. The molecule has 2 aromatic heterocycles. The summed E-state index contributed by atoms with van der Waals surface area (Å²) in [7, 11) is 0. The van der Waals surface area contributed by atoms with Crippen LogP contribution in [0.2, 0.25) is 0 Å². The van der Waals surface area contributed by atoms with Gasteiger partial charge in [-0.05, 0) is 41.9 Å². The molecule has 0 radical (unpaired) electrons. The molecule has 2 heterocycles. The van der Waals surface area contributed by atoms with Crippen LogP contribution in [0.15, 0.2) is 29.0 Å². The Balaban J connectivity index is 2.55. The summed E-state index contributed by atoms with van der Waals surface area (Å²) in [6.45, 7) is 3.98. The van der Waals surface area contributed by atoms with Gasteiger partial charge >= 0.3 is 0 Å². The van der Waals surface area contributed by atoms with Crippen LogP contribution in [0, 0.1) is 5.82 Å². The van der Waals surface area contributed by atoms with E-state index >= 15 is 0 Å². The van der Waals surface area contributed by atoms with Gasteiger partial charge in [0.2, 0.25) is 0 Å². The Bertz CT molecular complexity index is 569. The van der Waals surface area contributed by atoms with E-state index in [4.69, 9.17) is 5.84 Å². The van der Waals surface area contributed by atoms with Crippen molar-refractivity contribution in [1.82, 2.24) is 20.2 Å². The largest absolute Gasteiger partial charge is 0.270 e. The van der Waals surface area contributed by atoms with Gasteiger partial charge in [0.15, 0.2) is 0 Å². The molecule has 0 bridgehead atoms. The monoisotopic (exact) mass is 327 g/mol. The topological polar surface area (TPSA) is 68.8 Å². The van der Waals surface area contributed by atoms with E-state index in [-0.39, 0.29) is 11.7 Å². The van der Waals surface area contributed by atoms with Crippen molar-refractivity contribution in [3.63, 3.8) is 0 Å². The van der Waals surface area contributed by atoms with E-state index in [0.717, 1.165) is 10.2 Å². The third-order valence-corrected chi connectivity index (χ3v) is 3.39. The van der Waals surface area contributed by atoms with Crippen LogP contribution in [0.1, 0.15) is 37.3 Å². The van der Waals surface area contributed by atoms with Gasteiger partial charge in [0.1, 0.15) is 17.6 Å². The highest BCUT2D eigenvalue weighted by Crippen LogP contribution is 2.30. The Morgan fingerprint density at radius 1 is 1.47 bits per heavy atom. The summed E-state index contributed by atoms with van der Waals surface area (Å²) >= 11 is 3.42. The molecule has 0 saturated heterocycles. The van der Waals surface area contributed by atoms with Gasteiger partial charge in [0, 0.05) is 12.2 Å². The number of halogens is 2. The number of pyridine rings is 1. The van der Waals surface area contributed by atoms with Crippen LogP contribution in [0.25, 0.3) is 0 Å². The lowest BCUT2D eigenvalue weighted by Gasteiger charge is -2.20. The van der Waals surface area contributed by atoms with Gasteiger partial charge in [0.25, 0.3) is 0 Å². The fourth-order valence-electron chi connectivity index (χ4n) is 1.93. The van der Waals surface area contributed by atoms with Gasteiger partial charge in [-0.15, -0.1) is 0 Å². The van der Waals surface area contributed by atoms with Crippen LogP contribution in [0.5, 0.6) is 0 Å². The molecule has 19 heavy (non-hydrogen) atoms. The quantitative estimate of drug-likeness (QED) is 0.668. The summed E-state index contributed by atoms with van der Waals surface area (Å²) in [4.78, 5) is 4.07. The molecule has 1 unspecified atom stereocenters. The molecule has 3 N–H and O–H groups in total.